The van der Waals surface area contributed by atoms with Gasteiger partial charge in [-0.2, -0.15) is 0 Å². The van der Waals surface area contributed by atoms with E-state index in [-0.39, 0.29) is 5.91 Å². The molecular weight excluding hydrogens is 260 g/mol. The van der Waals surface area contributed by atoms with E-state index in [1.807, 2.05) is 31.2 Å². The van der Waals surface area contributed by atoms with E-state index in [0.29, 0.717) is 6.54 Å². The van der Waals surface area contributed by atoms with Gasteiger partial charge in [0, 0.05) is 18.7 Å². The number of rotatable bonds is 6. The third-order valence-electron chi connectivity index (χ3n) is 4.38. The predicted octanol–water partition coefficient (Wildman–Crippen LogP) is 3.14. The fourth-order valence-corrected chi connectivity index (χ4v) is 3.12. The van der Waals surface area contributed by atoms with Crippen molar-refractivity contribution in [2.45, 2.75) is 39.5 Å². The Kier molecular flexibility index (Phi) is 6.24. The van der Waals surface area contributed by atoms with E-state index in [4.69, 9.17) is 0 Å². The monoisotopic (exact) mass is 288 g/mol. The minimum atomic E-state index is 0.0167. The third-order valence-corrected chi connectivity index (χ3v) is 4.38. The lowest BCUT2D eigenvalue weighted by molar-refractivity contribution is 0.0953. The third kappa shape index (κ3) is 5.50. The normalized spacial score (nSPS) is 22.0. The number of hydrogen-bond donors (Lipinski definition) is 2. The highest BCUT2D eigenvalue weighted by molar-refractivity contribution is 5.94. The van der Waals surface area contributed by atoms with Gasteiger partial charge in [-0.25, -0.2) is 0 Å². The first-order valence-electron chi connectivity index (χ1n) is 8.20. The minimum absolute atomic E-state index is 0.0167. The van der Waals surface area contributed by atoms with E-state index in [1.54, 1.807) is 0 Å². The van der Waals surface area contributed by atoms with E-state index in [0.717, 1.165) is 30.5 Å². The summed E-state index contributed by atoms with van der Waals surface area (Å²) in [6.45, 7) is 7.01. The molecular formula is C18H28N2O. The molecule has 2 unspecified atom stereocenters. The molecule has 0 saturated heterocycles. The van der Waals surface area contributed by atoms with E-state index in [1.165, 1.54) is 31.2 Å². The van der Waals surface area contributed by atoms with Crippen LogP contribution in [0.3, 0.4) is 0 Å². The van der Waals surface area contributed by atoms with Gasteiger partial charge in [0.25, 0.3) is 5.91 Å². The number of amides is 1. The summed E-state index contributed by atoms with van der Waals surface area (Å²) in [5, 5.41) is 6.44. The molecule has 1 aromatic rings. The second kappa shape index (κ2) is 8.18. The number of carbonyl (C=O) groups excluding carboxylic acids is 1. The second-order valence-electron chi connectivity index (χ2n) is 6.46. The van der Waals surface area contributed by atoms with Gasteiger partial charge < -0.3 is 10.6 Å². The minimum Gasteiger partial charge on any atom is -0.351 e. The molecule has 0 radical (unpaired) electrons. The maximum absolute atomic E-state index is 11.9. The van der Waals surface area contributed by atoms with Gasteiger partial charge in [-0.1, -0.05) is 37.5 Å². The van der Waals surface area contributed by atoms with E-state index in [9.17, 15) is 4.79 Å². The quantitative estimate of drug-likeness (QED) is 0.790. The summed E-state index contributed by atoms with van der Waals surface area (Å²) in [7, 11) is 0. The van der Waals surface area contributed by atoms with E-state index >= 15 is 0 Å². The average Bonchev–Trinajstić information content (AvgIpc) is 2.47. The van der Waals surface area contributed by atoms with Crippen LogP contribution in [0, 0.1) is 18.8 Å². The Labute approximate surface area is 128 Å². The fourth-order valence-electron chi connectivity index (χ4n) is 3.12. The largest absolute Gasteiger partial charge is 0.351 e. The maximum Gasteiger partial charge on any atom is 0.251 e. The molecule has 1 aliphatic carbocycles. The van der Waals surface area contributed by atoms with Gasteiger partial charge >= 0.3 is 0 Å². The Hall–Kier alpha value is -1.35. The van der Waals surface area contributed by atoms with Crippen LogP contribution in [0.1, 0.15) is 48.5 Å². The standard InChI is InChI=1S/C18H28N2O/c1-14-6-8-17(9-7-14)18(21)20-11-10-19-13-16-5-3-4-15(2)12-16/h6-9,15-16,19H,3-5,10-13H2,1-2H3,(H,20,21). The molecule has 1 aromatic carbocycles. The summed E-state index contributed by atoms with van der Waals surface area (Å²) >= 11 is 0. The zero-order chi connectivity index (χ0) is 15.1. The van der Waals surface area contributed by atoms with Crippen molar-refractivity contribution in [3.8, 4) is 0 Å². The molecule has 0 heterocycles. The smallest absolute Gasteiger partial charge is 0.251 e. The molecule has 1 amide bonds. The molecule has 3 nitrogen and oxygen atoms in total. The summed E-state index contributed by atoms with van der Waals surface area (Å²) in [5.41, 5.74) is 1.91. The molecule has 0 bridgehead atoms. The Morgan fingerprint density at radius 2 is 1.95 bits per heavy atom. The van der Waals surface area contributed by atoms with Crippen LogP contribution in [0.15, 0.2) is 24.3 Å². The van der Waals surface area contributed by atoms with Crippen molar-refractivity contribution in [2.75, 3.05) is 19.6 Å². The summed E-state index contributed by atoms with van der Waals surface area (Å²) < 4.78 is 0. The van der Waals surface area contributed by atoms with Crippen molar-refractivity contribution in [1.82, 2.24) is 10.6 Å². The summed E-state index contributed by atoms with van der Waals surface area (Å²) in [5.74, 6) is 1.72. The highest BCUT2D eigenvalue weighted by Crippen LogP contribution is 2.27. The second-order valence-corrected chi connectivity index (χ2v) is 6.46. The highest BCUT2D eigenvalue weighted by Gasteiger charge is 2.18. The lowest BCUT2D eigenvalue weighted by Gasteiger charge is -2.26. The average molecular weight is 288 g/mol. The SMILES string of the molecule is Cc1ccc(C(=O)NCCNCC2CCCC(C)C2)cc1. The molecule has 2 rings (SSSR count). The lowest BCUT2D eigenvalue weighted by atomic mass is 9.82. The van der Waals surface area contributed by atoms with Crippen LogP contribution in [0.2, 0.25) is 0 Å². The first-order valence-corrected chi connectivity index (χ1v) is 8.20. The molecule has 116 valence electrons. The van der Waals surface area contributed by atoms with Crippen LogP contribution >= 0.6 is 0 Å². The van der Waals surface area contributed by atoms with Gasteiger partial charge in [-0.05, 0) is 50.3 Å². The van der Waals surface area contributed by atoms with Crippen LogP contribution in [0.25, 0.3) is 0 Å². The molecule has 0 aromatic heterocycles. The molecule has 1 saturated carbocycles. The van der Waals surface area contributed by atoms with E-state index in [2.05, 4.69) is 17.6 Å². The molecule has 2 N–H and O–H groups in total. The van der Waals surface area contributed by atoms with E-state index < -0.39 is 0 Å². The highest BCUT2D eigenvalue weighted by atomic mass is 16.1. The first kappa shape index (κ1) is 16.0. The molecule has 0 spiro atoms. The Bertz CT molecular complexity index is 441. The van der Waals surface area contributed by atoms with Gasteiger partial charge in [-0.15, -0.1) is 0 Å². The fraction of sp³-hybridized carbons (Fsp3) is 0.611. The van der Waals surface area contributed by atoms with Crippen LogP contribution in [0.5, 0.6) is 0 Å². The molecule has 21 heavy (non-hydrogen) atoms. The van der Waals surface area contributed by atoms with Gasteiger partial charge in [0.1, 0.15) is 0 Å². The Morgan fingerprint density at radius 3 is 2.67 bits per heavy atom. The molecule has 2 atom stereocenters. The number of aryl methyl sites for hydroxylation is 1. The van der Waals surface area contributed by atoms with Gasteiger partial charge in [0.15, 0.2) is 0 Å². The van der Waals surface area contributed by atoms with Crippen molar-refractivity contribution >= 4 is 5.91 Å². The topological polar surface area (TPSA) is 41.1 Å². The zero-order valence-electron chi connectivity index (χ0n) is 13.3. The van der Waals surface area contributed by atoms with Crippen LogP contribution in [0.4, 0.5) is 0 Å². The van der Waals surface area contributed by atoms with Crippen LogP contribution in [-0.2, 0) is 0 Å². The van der Waals surface area contributed by atoms with Crippen molar-refractivity contribution in [1.29, 1.82) is 0 Å². The van der Waals surface area contributed by atoms with Crippen molar-refractivity contribution < 1.29 is 4.79 Å². The van der Waals surface area contributed by atoms with Gasteiger partial charge in [0.2, 0.25) is 0 Å². The first-order chi connectivity index (χ1) is 10.1. The summed E-state index contributed by atoms with van der Waals surface area (Å²) in [4.78, 5) is 11.9. The molecule has 0 aliphatic heterocycles. The predicted molar refractivity (Wildman–Crippen MR) is 87.5 cm³/mol. The number of carbonyl (C=O) groups is 1. The van der Waals surface area contributed by atoms with Gasteiger partial charge in [-0.3, -0.25) is 4.79 Å². The lowest BCUT2D eigenvalue weighted by Crippen LogP contribution is -2.34. The maximum atomic E-state index is 11.9. The zero-order valence-corrected chi connectivity index (χ0v) is 13.3. The van der Waals surface area contributed by atoms with Crippen LogP contribution < -0.4 is 10.6 Å². The number of hydrogen-bond acceptors (Lipinski definition) is 2. The Balaban J connectivity index is 1.59. The van der Waals surface area contributed by atoms with Crippen molar-refractivity contribution in [3.63, 3.8) is 0 Å². The number of nitrogens with one attached hydrogen (secondary N) is 2. The van der Waals surface area contributed by atoms with Crippen LogP contribution in [-0.4, -0.2) is 25.5 Å². The van der Waals surface area contributed by atoms with Crippen molar-refractivity contribution in [3.05, 3.63) is 35.4 Å². The molecule has 1 aliphatic rings. The summed E-state index contributed by atoms with van der Waals surface area (Å²) in [6, 6.07) is 7.69. The summed E-state index contributed by atoms with van der Waals surface area (Å²) in [6.07, 6.45) is 5.47. The molecule has 1 fully saturated rings. The molecule has 3 heteroatoms. The Morgan fingerprint density at radius 1 is 1.19 bits per heavy atom. The number of benzene rings is 1. The van der Waals surface area contributed by atoms with Gasteiger partial charge in [0.05, 0.1) is 0 Å². The van der Waals surface area contributed by atoms with Crippen molar-refractivity contribution in [2.24, 2.45) is 11.8 Å².